The first-order chi connectivity index (χ1) is 7.63. The van der Waals surface area contributed by atoms with Crippen LogP contribution in [0.1, 0.15) is 31.4 Å². The van der Waals surface area contributed by atoms with Crippen LogP contribution in [0.3, 0.4) is 0 Å². The summed E-state index contributed by atoms with van der Waals surface area (Å²) in [6, 6.07) is 8.71. The molecule has 0 aliphatic carbocycles. The van der Waals surface area contributed by atoms with E-state index in [-0.39, 0.29) is 6.04 Å². The SMILES string of the molecule is CCCNC(Cc1cccc(C)c1)C(C)=N. The molecule has 2 nitrogen and oxygen atoms in total. The van der Waals surface area contributed by atoms with Crippen molar-refractivity contribution in [1.82, 2.24) is 5.32 Å². The summed E-state index contributed by atoms with van der Waals surface area (Å²) >= 11 is 0. The highest BCUT2D eigenvalue weighted by Gasteiger charge is 2.10. The van der Waals surface area contributed by atoms with Crippen LogP contribution in [0.25, 0.3) is 0 Å². The van der Waals surface area contributed by atoms with Gasteiger partial charge in [0, 0.05) is 11.8 Å². The predicted molar refractivity (Wildman–Crippen MR) is 70.4 cm³/mol. The van der Waals surface area contributed by atoms with Crippen LogP contribution in [-0.4, -0.2) is 18.3 Å². The average molecular weight is 218 g/mol. The van der Waals surface area contributed by atoms with Gasteiger partial charge < -0.3 is 10.7 Å². The molecule has 1 rings (SSSR count). The third-order valence-electron chi connectivity index (χ3n) is 2.69. The topological polar surface area (TPSA) is 35.9 Å². The molecule has 0 aliphatic heterocycles. The zero-order valence-corrected chi connectivity index (χ0v) is 10.5. The van der Waals surface area contributed by atoms with Crippen molar-refractivity contribution in [2.45, 2.75) is 39.7 Å². The Balaban J connectivity index is 2.64. The summed E-state index contributed by atoms with van der Waals surface area (Å²) in [7, 11) is 0. The lowest BCUT2D eigenvalue weighted by Gasteiger charge is -2.17. The van der Waals surface area contributed by atoms with Gasteiger partial charge in [0.15, 0.2) is 0 Å². The van der Waals surface area contributed by atoms with Crippen LogP contribution in [0.15, 0.2) is 24.3 Å². The van der Waals surface area contributed by atoms with Crippen molar-refractivity contribution in [3.8, 4) is 0 Å². The summed E-state index contributed by atoms with van der Waals surface area (Å²) in [6.07, 6.45) is 2.02. The van der Waals surface area contributed by atoms with Gasteiger partial charge in [-0.1, -0.05) is 36.8 Å². The van der Waals surface area contributed by atoms with Gasteiger partial charge in [-0.25, -0.2) is 0 Å². The molecule has 88 valence electrons. The first-order valence-electron chi connectivity index (χ1n) is 5.97. The van der Waals surface area contributed by atoms with E-state index in [9.17, 15) is 0 Å². The zero-order valence-electron chi connectivity index (χ0n) is 10.5. The highest BCUT2D eigenvalue weighted by molar-refractivity contribution is 5.84. The molecule has 1 unspecified atom stereocenters. The van der Waals surface area contributed by atoms with E-state index < -0.39 is 0 Å². The second-order valence-corrected chi connectivity index (χ2v) is 4.38. The number of benzene rings is 1. The van der Waals surface area contributed by atoms with E-state index in [1.165, 1.54) is 11.1 Å². The van der Waals surface area contributed by atoms with Crippen LogP contribution in [0, 0.1) is 12.3 Å². The molecule has 2 N–H and O–H groups in total. The molecule has 0 amide bonds. The van der Waals surface area contributed by atoms with Crippen LogP contribution in [0.4, 0.5) is 0 Å². The maximum absolute atomic E-state index is 7.77. The first-order valence-corrected chi connectivity index (χ1v) is 5.97. The minimum atomic E-state index is 0.182. The van der Waals surface area contributed by atoms with Gasteiger partial charge in [0.2, 0.25) is 0 Å². The second-order valence-electron chi connectivity index (χ2n) is 4.38. The molecule has 16 heavy (non-hydrogen) atoms. The smallest absolute Gasteiger partial charge is 0.0486 e. The Morgan fingerprint density at radius 3 is 2.75 bits per heavy atom. The number of hydrogen-bond acceptors (Lipinski definition) is 2. The summed E-state index contributed by atoms with van der Waals surface area (Å²) in [5.74, 6) is 0. The third-order valence-corrected chi connectivity index (χ3v) is 2.69. The fraction of sp³-hybridized carbons (Fsp3) is 0.500. The van der Waals surface area contributed by atoms with Gasteiger partial charge >= 0.3 is 0 Å². The summed E-state index contributed by atoms with van der Waals surface area (Å²) in [5, 5.41) is 11.2. The molecule has 0 radical (unpaired) electrons. The third kappa shape index (κ3) is 4.15. The van der Waals surface area contributed by atoms with Crippen LogP contribution in [0.2, 0.25) is 0 Å². The molecule has 1 aromatic carbocycles. The van der Waals surface area contributed by atoms with Crippen molar-refractivity contribution < 1.29 is 0 Å². The van der Waals surface area contributed by atoms with Gasteiger partial charge in [-0.3, -0.25) is 0 Å². The van der Waals surface area contributed by atoms with Crippen molar-refractivity contribution in [3.05, 3.63) is 35.4 Å². The Hall–Kier alpha value is -1.15. The maximum Gasteiger partial charge on any atom is 0.0486 e. The Morgan fingerprint density at radius 1 is 1.44 bits per heavy atom. The van der Waals surface area contributed by atoms with E-state index in [2.05, 4.69) is 43.4 Å². The van der Waals surface area contributed by atoms with Crippen LogP contribution < -0.4 is 5.32 Å². The molecule has 0 saturated heterocycles. The normalized spacial score (nSPS) is 12.4. The minimum absolute atomic E-state index is 0.182. The average Bonchev–Trinajstić information content (AvgIpc) is 2.24. The number of rotatable bonds is 6. The lowest BCUT2D eigenvalue weighted by Crippen LogP contribution is -2.37. The lowest BCUT2D eigenvalue weighted by atomic mass is 10.0. The number of nitrogens with one attached hydrogen (secondary N) is 2. The highest BCUT2D eigenvalue weighted by atomic mass is 14.9. The Kier molecular flexibility index (Phi) is 5.20. The van der Waals surface area contributed by atoms with Gasteiger partial charge in [-0.2, -0.15) is 0 Å². The van der Waals surface area contributed by atoms with Crippen LogP contribution >= 0.6 is 0 Å². The molecular weight excluding hydrogens is 196 g/mol. The molecule has 1 aromatic rings. The fourth-order valence-electron chi connectivity index (χ4n) is 1.77. The largest absolute Gasteiger partial charge is 0.309 e. The predicted octanol–water partition coefficient (Wildman–Crippen LogP) is 2.95. The van der Waals surface area contributed by atoms with E-state index in [1.807, 2.05) is 6.92 Å². The van der Waals surface area contributed by atoms with E-state index in [0.29, 0.717) is 0 Å². The maximum atomic E-state index is 7.77. The van der Waals surface area contributed by atoms with Gasteiger partial charge in [-0.15, -0.1) is 0 Å². The molecule has 0 heterocycles. The van der Waals surface area contributed by atoms with Gasteiger partial charge in [0.25, 0.3) is 0 Å². The standard InChI is InChI=1S/C14H22N2/c1-4-8-16-14(12(3)15)10-13-7-5-6-11(2)9-13/h5-7,9,14-16H,4,8,10H2,1-3H3. The Bertz CT molecular complexity index is 344. The van der Waals surface area contributed by atoms with E-state index >= 15 is 0 Å². The molecular formula is C14H22N2. The van der Waals surface area contributed by atoms with Crippen molar-refractivity contribution in [1.29, 1.82) is 5.41 Å². The second kappa shape index (κ2) is 6.44. The molecule has 0 aromatic heterocycles. The molecule has 0 aliphatic rings. The summed E-state index contributed by atoms with van der Waals surface area (Å²) in [4.78, 5) is 0. The molecule has 2 heteroatoms. The molecule has 0 saturated carbocycles. The number of hydrogen-bond donors (Lipinski definition) is 2. The summed E-state index contributed by atoms with van der Waals surface area (Å²) < 4.78 is 0. The Labute approximate surface area is 98.6 Å². The van der Waals surface area contributed by atoms with Gasteiger partial charge in [0.1, 0.15) is 0 Å². The van der Waals surface area contributed by atoms with Crippen LogP contribution in [0.5, 0.6) is 0 Å². The van der Waals surface area contributed by atoms with Crippen molar-refractivity contribution in [2.75, 3.05) is 6.54 Å². The van der Waals surface area contributed by atoms with Gasteiger partial charge in [-0.05, 0) is 38.8 Å². The van der Waals surface area contributed by atoms with Crippen molar-refractivity contribution in [3.63, 3.8) is 0 Å². The molecule has 0 spiro atoms. The fourth-order valence-corrected chi connectivity index (χ4v) is 1.77. The lowest BCUT2D eigenvalue weighted by molar-refractivity contribution is 0.604. The quantitative estimate of drug-likeness (QED) is 0.708. The molecule has 0 fully saturated rings. The minimum Gasteiger partial charge on any atom is -0.309 e. The van der Waals surface area contributed by atoms with Crippen molar-refractivity contribution in [2.24, 2.45) is 0 Å². The Morgan fingerprint density at radius 2 is 2.19 bits per heavy atom. The van der Waals surface area contributed by atoms with Crippen molar-refractivity contribution >= 4 is 5.71 Å². The van der Waals surface area contributed by atoms with Crippen LogP contribution in [-0.2, 0) is 6.42 Å². The highest BCUT2D eigenvalue weighted by Crippen LogP contribution is 2.07. The molecule has 1 atom stereocenters. The molecule has 0 bridgehead atoms. The monoisotopic (exact) mass is 218 g/mol. The number of aryl methyl sites for hydroxylation is 1. The van der Waals surface area contributed by atoms with Gasteiger partial charge in [0.05, 0.1) is 0 Å². The van der Waals surface area contributed by atoms with E-state index in [4.69, 9.17) is 5.41 Å². The van der Waals surface area contributed by atoms with E-state index in [1.54, 1.807) is 0 Å². The zero-order chi connectivity index (χ0) is 12.0. The summed E-state index contributed by atoms with van der Waals surface area (Å²) in [5.41, 5.74) is 3.31. The van der Waals surface area contributed by atoms with E-state index in [0.717, 1.165) is 25.1 Å². The summed E-state index contributed by atoms with van der Waals surface area (Å²) in [6.45, 7) is 7.11. The first kappa shape index (κ1) is 12.9.